The number of amides is 2. The van der Waals surface area contributed by atoms with E-state index in [4.69, 9.17) is 5.26 Å². The molecule has 2 amide bonds. The Morgan fingerprint density at radius 3 is 3.00 bits per heavy atom. The molecular formula is C16H13CsF2N4O2. The summed E-state index contributed by atoms with van der Waals surface area (Å²) >= 11 is 0. The number of fused-ring (bicyclic) bond motifs is 1. The molecule has 124 valence electrons. The van der Waals surface area contributed by atoms with Crippen LogP contribution in [0.5, 0.6) is 0 Å². The molecule has 2 heterocycles. The molecule has 0 unspecified atom stereocenters. The van der Waals surface area contributed by atoms with Crippen molar-refractivity contribution in [3.8, 4) is 6.07 Å². The number of nitriles is 1. The Morgan fingerprint density at radius 1 is 1.52 bits per heavy atom. The third-order valence-corrected chi connectivity index (χ3v) is 3.91. The quantitative estimate of drug-likeness (QED) is 0.541. The van der Waals surface area contributed by atoms with Gasteiger partial charge in [0, 0.05) is 18.2 Å². The minimum atomic E-state index is -3.08. The number of nitrogens with one attached hydrogen (secondary N) is 2. The van der Waals surface area contributed by atoms with E-state index in [1.54, 1.807) is 24.3 Å². The van der Waals surface area contributed by atoms with Gasteiger partial charge in [-0.2, -0.15) is 23.5 Å². The van der Waals surface area contributed by atoms with Gasteiger partial charge < -0.3 is 15.2 Å². The summed E-state index contributed by atoms with van der Waals surface area (Å²) in [4.78, 5) is 28.0. The van der Waals surface area contributed by atoms with Crippen LogP contribution >= 0.6 is 0 Å². The maximum absolute atomic E-state index is 13.3. The van der Waals surface area contributed by atoms with Gasteiger partial charge in [0.05, 0.1) is 19.2 Å². The number of hydrogen-bond acceptors (Lipinski definition) is 3. The molecule has 0 aliphatic carbocycles. The van der Waals surface area contributed by atoms with Gasteiger partial charge in [-0.05, 0) is 0 Å². The van der Waals surface area contributed by atoms with Crippen LogP contribution in [0.25, 0.3) is 10.9 Å². The van der Waals surface area contributed by atoms with Crippen molar-refractivity contribution in [2.75, 3.05) is 13.1 Å². The third-order valence-electron chi connectivity index (χ3n) is 3.91. The average Bonchev–Trinajstić information content (AvgIpc) is 3.12. The largest absolute Gasteiger partial charge is 1.00 e. The number of carbonyl (C=O) groups is 2. The van der Waals surface area contributed by atoms with Crippen molar-refractivity contribution in [3.63, 3.8) is 0 Å². The molecule has 1 aromatic carbocycles. The van der Waals surface area contributed by atoms with Crippen LogP contribution in [-0.4, -0.2) is 46.8 Å². The normalized spacial score (nSPS) is 18.4. The predicted octanol–water partition coefficient (Wildman–Crippen LogP) is -1.54. The van der Waals surface area contributed by atoms with E-state index in [1.807, 2.05) is 0 Å². The maximum atomic E-state index is 13.3. The number of halogens is 2. The van der Waals surface area contributed by atoms with E-state index < -0.39 is 43.3 Å². The van der Waals surface area contributed by atoms with Gasteiger partial charge in [-0.3, -0.25) is 9.59 Å². The number of nitrogens with zero attached hydrogens (tertiary/aromatic N) is 2. The first-order valence-corrected chi connectivity index (χ1v) is 7.23. The molecule has 0 spiro atoms. The Hall–Kier alpha value is -0.898. The standard InChI is InChI=1S/C16H13F2N4O2.Cs/c17-16(18)5-10(6-19)22(9-16)14(23)8-21-15(24)12-7-20-13-4-2-1-3-11(12)13;/h2-4,7,10,20H,5,8-9H2,(H,21,24);/q-1;+1/t10-;/m0./s1. The van der Waals surface area contributed by atoms with Crippen molar-refractivity contribution >= 4 is 22.7 Å². The van der Waals surface area contributed by atoms with E-state index in [0.29, 0.717) is 10.9 Å². The molecule has 1 atom stereocenters. The van der Waals surface area contributed by atoms with E-state index >= 15 is 0 Å². The first-order chi connectivity index (χ1) is 11.4. The van der Waals surface area contributed by atoms with Crippen molar-refractivity contribution in [1.29, 1.82) is 5.26 Å². The summed E-state index contributed by atoms with van der Waals surface area (Å²) in [6, 6.07) is 8.45. The molecule has 1 saturated heterocycles. The molecule has 1 aromatic heterocycles. The van der Waals surface area contributed by atoms with E-state index in [9.17, 15) is 18.4 Å². The SMILES string of the molecule is N#C[C@@H]1CC(F)(F)CN1C(=O)CNC(=O)c1c[nH]c2cc[c-]cc12.[Cs+]. The zero-order valence-electron chi connectivity index (χ0n) is 13.5. The van der Waals surface area contributed by atoms with Crippen molar-refractivity contribution < 1.29 is 87.3 Å². The molecule has 1 fully saturated rings. The van der Waals surface area contributed by atoms with Crippen LogP contribution in [0.4, 0.5) is 8.78 Å². The third kappa shape index (κ3) is 4.45. The first-order valence-electron chi connectivity index (χ1n) is 7.23. The van der Waals surface area contributed by atoms with Crippen LogP contribution in [-0.2, 0) is 4.79 Å². The number of H-pyrrole nitrogens is 1. The van der Waals surface area contributed by atoms with E-state index in [1.165, 1.54) is 6.20 Å². The van der Waals surface area contributed by atoms with Gasteiger partial charge in [0.25, 0.3) is 5.92 Å². The van der Waals surface area contributed by atoms with Gasteiger partial charge in [-0.1, -0.05) is 10.9 Å². The fourth-order valence-electron chi connectivity index (χ4n) is 2.74. The predicted molar refractivity (Wildman–Crippen MR) is 80.1 cm³/mol. The summed E-state index contributed by atoms with van der Waals surface area (Å²) in [5, 5.41) is 11.9. The zero-order chi connectivity index (χ0) is 17.3. The van der Waals surface area contributed by atoms with Crippen LogP contribution in [0.2, 0.25) is 0 Å². The van der Waals surface area contributed by atoms with E-state index in [2.05, 4.69) is 16.4 Å². The van der Waals surface area contributed by atoms with Crippen LogP contribution in [0, 0.1) is 17.4 Å². The summed E-state index contributed by atoms with van der Waals surface area (Å²) in [6.07, 6.45) is 0.821. The molecule has 0 radical (unpaired) electrons. The Morgan fingerprint density at radius 2 is 2.28 bits per heavy atom. The number of likely N-dealkylation sites (tertiary alicyclic amines) is 1. The topological polar surface area (TPSA) is 89.0 Å². The van der Waals surface area contributed by atoms with Crippen molar-refractivity contribution in [2.24, 2.45) is 0 Å². The average molecular weight is 464 g/mol. The van der Waals surface area contributed by atoms with Crippen LogP contribution in [0.1, 0.15) is 16.8 Å². The number of benzene rings is 1. The minimum absolute atomic E-state index is 0. The zero-order valence-corrected chi connectivity index (χ0v) is 19.8. The summed E-state index contributed by atoms with van der Waals surface area (Å²) in [5.74, 6) is -4.29. The second-order valence-electron chi connectivity index (χ2n) is 5.58. The van der Waals surface area contributed by atoms with Gasteiger partial charge in [0.1, 0.15) is 6.04 Å². The second kappa shape index (κ2) is 8.20. The van der Waals surface area contributed by atoms with Crippen LogP contribution < -0.4 is 74.2 Å². The molecule has 3 rings (SSSR count). The number of aromatic amines is 1. The number of hydrogen-bond donors (Lipinski definition) is 2. The fraction of sp³-hybridized carbons (Fsp3) is 0.312. The smallest absolute Gasteiger partial charge is 0.384 e. The van der Waals surface area contributed by atoms with Crippen molar-refractivity contribution in [2.45, 2.75) is 18.4 Å². The van der Waals surface area contributed by atoms with E-state index in [-0.39, 0.29) is 68.9 Å². The Bertz CT molecular complexity index is 846. The molecule has 2 aromatic rings. The van der Waals surface area contributed by atoms with Gasteiger partial charge in [0.2, 0.25) is 11.8 Å². The van der Waals surface area contributed by atoms with Gasteiger partial charge >= 0.3 is 68.9 Å². The number of carbonyl (C=O) groups excluding carboxylic acids is 2. The second-order valence-corrected chi connectivity index (χ2v) is 5.58. The summed E-state index contributed by atoms with van der Waals surface area (Å²) in [5.41, 5.74) is 1.08. The van der Waals surface area contributed by atoms with Crippen LogP contribution in [0.3, 0.4) is 0 Å². The van der Waals surface area contributed by atoms with Crippen LogP contribution in [0.15, 0.2) is 24.4 Å². The Kier molecular flexibility index (Phi) is 6.69. The number of aromatic nitrogens is 1. The molecule has 0 saturated carbocycles. The van der Waals surface area contributed by atoms with Gasteiger partial charge in [-0.15, -0.1) is 6.07 Å². The molecule has 1 aliphatic heterocycles. The van der Waals surface area contributed by atoms with Gasteiger partial charge in [0.15, 0.2) is 0 Å². The summed E-state index contributed by atoms with van der Waals surface area (Å²) in [7, 11) is 0. The molecule has 2 N–H and O–H groups in total. The van der Waals surface area contributed by atoms with Crippen molar-refractivity contribution in [3.05, 3.63) is 36.0 Å². The summed E-state index contributed by atoms with van der Waals surface area (Å²) in [6.45, 7) is -1.25. The Balaban J connectivity index is 0.00000225. The van der Waals surface area contributed by atoms with Crippen molar-refractivity contribution in [1.82, 2.24) is 15.2 Å². The molecule has 6 nitrogen and oxygen atoms in total. The molecule has 25 heavy (non-hydrogen) atoms. The number of rotatable bonds is 3. The molecule has 9 heteroatoms. The number of alkyl halides is 2. The minimum Gasteiger partial charge on any atom is -0.384 e. The monoisotopic (exact) mass is 464 g/mol. The first kappa shape index (κ1) is 20.4. The maximum Gasteiger partial charge on any atom is 1.00 e. The Labute approximate surface area is 201 Å². The van der Waals surface area contributed by atoms with E-state index in [0.717, 1.165) is 10.4 Å². The molecule has 0 bridgehead atoms. The molecular weight excluding hydrogens is 451 g/mol. The fourth-order valence-corrected chi connectivity index (χ4v) is 2.74. The summed E-state index contributed by atoms with van der Waals surface area (Å²) < 4.78 is 26.7. The molecule has 1 aliphatic rings. The van der Waals surface area contributed by atoms with Gasteiger partial charge in [-0.25, -0.2) is 8.78 Å².